The lowest BCUT2D eigenvalue weighted by molar-refractivity contribution is -0.131. The number of piperazine rings is 1. The molecule has 5 nitrogen and oxygen atoms in total. The highest BCUT2D eigenvalue weighted by atomic mass is 16.2. The second kappa shape index (κ2) is 10.6. The van der Waals surface area contributed by atoms with Gasteiger partial charge in [-0.3, -0.25) is 9.59 Å². The van der Waals surface area contributed by atoms with E-state index in [0.717, 1.165) is 45.4 Å². The third kappa shape index (κ3) is 6.62. The van der Waals surface area contributed by atoms with Crippen LogP contribution in [-0.2, 0) is 10.2 Å². The minimum atomic E-state index is 0.0321. The van der Waals surface area contributed by atoms with Crippen molar-refractivity contribution in [1.29, 1.82) is 0 Å². The van der Waals surface area contributed by atoms with Crippen LogP contribution in [0.1, 0.15) is 69.3 Å². The fraction of sp³-hybridized carbons (Fsp3) is 0.652. The van der Waals surface area contributed by atoms with Gasteiger partial charge in [-0.2, -0.15) is 0 Å². The van der Waals surface area contributed by atoms with E-state index in [2.05, 4.69) is 33.0 Å². The highest BCUT2D eigenvalue weighted by Crippen LogP contribution is 2.22. The lowest BCUT2D eigenvalue weighted by Crippen LogP contribution is -2.47. The fourth-order valence-electron chi connectivity index (χ4n) is 3.47. The summed E-state index contributed by atoms with van der Waals surface area (Å²) in [6.45, 7) is 13.1. The number of carbonyl (C=O) groups is 2. The molecule has 1 aliphatic rings. The number of amides is 2. The fourth-order valence-corrected chi connectivity index (χ4v) is 3.47. The topological polar surface area (TPSA) is 52.7 Å². The largest absolute Gasteiger partial charge is 0.340 e. The zero-order valence-electron chi connectivity index (χ0n) is 18.1. The van der Waals surface area contributed by atoms with Gasteiger partial charge in [-0.15, -0.1) is 0 Å². The Hall–Kier alpha value is -1.88. The molecule has 0 atom stereocenters. The number of rotatable bonds is 8. The Morgan fingerprint density at radius 2 is 1.68 bits per heavy atom. The van der Waals surface area contributed by atoms with Gasteiger partial charge in [0.05, 0.1) is 0 Å². The van der Waals surface area contributed by atoms with Gasteiger partial charge in [-0.25, -0.2) is 0 Å². The maximum atomic E-state index is 13.1. The van der Waals surface area contributed by atoms with Crippen LogP contribution in [0.3, 0.4) is 0 Å². The van der Waals surface area contributed by atoms with Gasteiger partial charge in [0, 0.05) is 51.3 Å². The quantitative estimate of drug-likeness (QED) is 0.695. The van der Waals surface area contributed by atoms with E-state index in [1.807, 2.05) is 34.1 Å². The van der Waals surface area contributed by atoms with E-state index in [9.17, 15) is 9.59 Å². The number of nitrogens with zero attached hydrogens (tertiary/aromatic N) is 2. The van der Waals surface area contributed by atoms with Crippen molar-refractivity contribution >= 4 is 11.8 Å². The standard InChI is InChI=1S/C23H37N3O2/c1-5-6-7-15-26(16-12-21(27)25-17-13-24-14-18-25)22(28)19-8-10-20(11-9-19)23(2,3)4/h8-11,24H,5-7,12-18H2,1-4H3. The number of unbranched alkanes of at least 4 members (excludes halogenated alkanes) is 2. The van der Waals surface area contributed by atoms with Crippen LogP contribution < -0.4 is 5.32 Å². The van der Waals surface area contributed by atoms with E-state index in [0.29, 0.717) is 25.1 Å². The smallest absolute Gasteiger partial charge is 0.253 e. The molecule has 1 saturated heterocycles. The molecule has 0 radical (unpaired) electrons. The molecule has 1 heterocycles. The number of carbonyl (C=O) groups excluding carboxylic acids is 2. The average Bonchev–Trinajstić information content (AvgIpc) is 2.70. The second-order valence-corrected chi connectivity index (χ2v) is 8.71. The summed E-state index contributed by atoms with van der Waals surface area (Å²) in [4.78, 5) is 29.4. The van der Waals surface area contributed by atoms with Crippen LogP contribution in [0.2, 0.25) is 0 Å². The average molecular weight is 388 g/mol. The van der Waals surface area contributed by atoms with E-state index < -0.39 is 0 Å². The number of hydrogen-bond donors (Lipinski definition) is 1. The summed E-state index contributed by atoms with van der Waals surface area (Å²) in [6.07, 6.45) is 3.59. The van der Waals surface area contributed by atoms with Crippen molar-refractivity contribution in [3.05, 3.63) is 35.4 Å². The molecule has 1 fully saturated rings. The predicted molar refractivity (Wildman–Crippen MR) is 115 cm³/mol. The third-order valence-corrected chi connectivity index (χ3v) is 5.38. The Kier molecular flexibility index (Phi) is 8.49. The van der Waals surface area contributed by atoms with Crippen molar-refractivity contribution < 1.29 is 9.59 Å². The molecule has 0 saturated carbocycles. The molecule has 0 bridgehead atoms. The Balaban J connectivity index is 2.01. The third-order valence-electron chi connectivity index (χ3n) is 5.38. The highest BCUT2D eigenvalue weighted by Gasteiger charge is 2.21. The van der Waals surface area contributed by atoms with Crippen molar-refractivity contribution in [2.75, 3.05) is 39.3 Å². The molecule has 1 aliphatic heterocycles. The zero-order chi connectivity index (χ0) is 20.6. The Labute approximate surface area is 170 Å². The summed E-state index contributed by atoms with van der Waals surface area (Å²) in [5.41, 5.74) is 1.99. The van der Waals surface area contributed by atoms with Gasteiger partial charge in [0.2, 0.25) is 5.91 Å². The molecular weight excluding hydrogens is 350 g/mol. The molecule has 5 heteroatoms. The van der Waals surface area contributed by atoms with Gasteiger partial charge in [0.1, 0.15) is 0 Å². The van der Waals surface area contributed by atoms with Crippen molar-refractivity contribution in [2.24, 2.45) is 0 Å². The minimum Gasteiger partial charge on any atom is -0.340 e. The number of nitrogens with one attached hydrogen (secondary N) is 1. The van der Waals surface area contributed by atoms with Crippen LogP contribution in [0.4, 0.5) is 0 Å². The molecule has 156 valence electrons. The molecule has 1 aromatic rings. The maximum absolute atomic E-state index is 13.1. The molecule has 28 heavy (non-hydrogen) atoms. The highest BCUT2D eigenvalue weighted by molar-refractivity contribution is 5.94. The molecule has 0 aromatic heterocycles. The lowest BCUT2D eigenvalue weighted by atomic mass is 9.86. The first-order valence-electron chi connectivity index (χ1n) is 10.7. The van der Waals surface area contributed by atoms with Crippen molar-refractivity contribution in [2.45, 2.75) is 58.8 Å². The van der Waals surface area contributed by atoms with Crippen LogP contribution in [0.5, 0.6) is 0 Å². The van der Waals surface area contributed by atoms with E-state index in [1.165, 1.54) is 5.56 Å². The van der Waals surface area contributed by atoms with Crippen LogP contribution in [0, 0.1) is 0 Å². The van der Waals surface area contributed by atoms with Gasteiger partial charge >= 0.3 is 0 Å². The first-order valence-corrected chi connectivity index (χ1v) is 10.7. The summed E-state index contributed by atoms with van der Waals surface area (Å²) in [6, 6.07) is 7.94. The number of benzene rings is 1. The van der Waals surface area contributed by atoms with E-state index >= 15 is 0 Å². The van der Waals surface area contributed by atoms with Crippen LogP contribution in [0.15, 0.2) is 24.3 Å². The van der Waals surface area contributed by atoms with Gasteiger partial charge in [0.15, 0.2) is 0 Å². The molecule has 1 N–H and O–H groups in total. The van der Waals surface area contributed by atoms with Crippen LogP contribution >= 0.6 is 0 Å². The molecular formula is C23H37N3O2. The first kappa shape index (κ1) is 22.4. The summed E-state index contributed by atoms with van der Waals surface area (Å²) < 4.78 is 0. The van der Waals surface area contributed by atoms with E-state index in [-0.39, 0.29) is 17.2 Å². The Morgan fingerprint density at radius 3 is 2.25 bits per heavy atom. The van der Waals surface area contributed by atoms with Crippen LogP contribution in [-0.4, -0.2) is 60.9 Å². The van der Waals surface area contributed by atoms with Gasteiger partial charge in [0.25, 0.3) is 5.91 Å². The normalized spacial score (nSPS) is 14.8. The van der Waals surface area contributed by atoms with Gasteiger partial charge < -0.3 is 15.1 Å². The zero-order valence-corrected chi connectivity index (χ0v) is 18.1. The van der Waals surface area contributed by atoms with Gasteiger partial charge in [-0.05, 0) is 29.5 Å². The van der Waals surface area contributed by atoms with Crippen molar-refractivity contribution in [3.63, 3.8) is 0 Å². The van der Waals surface area contributed by atoms with E-state index in [1.54, 1.807) is 0 Å². The molecule has 0 aliphatic carbocycles. The number of hydrogen-bond acceptors (Lipinski definition) is 3. The Morgan fingerprint density at radius 1 is 1.04 bits per heavy atom. The van der Waals surface area contributed by atoms with Crippen LogP contribution in [0.25, 0.3) is 0 Å². The van der Waals surface area contributed by atoms with Gasteiger partial charge in [-0.1, -0.05) is 52.7 Å². The van der Waals surface area contributed by atoms with E-state index in [4.69, 9.17) is 0 Å². The maximum Gasteiger partial charge on any atom is 0.253 e. The molecule has 0 unspecified atom stereocenters. The summed E-state index contributed by atoms with van der Waals surface area (Å²) in [5, 5.41) is 3.27. The Bertz CT molecular complexity index is 628. The molecule has 0 spiro atoms. The molecule has 2 amide bonds. The summed E-state index contributed by atoms with van der Waals surface area (Å²) >= 11 is 0. The monoisotopic (exact) mass is 387 g/mol. The predicted octanol–water partition coefficient (Wildman–Crippen LogP) is 3.44. The lowest BCUT2D eigenvalue weighted by Gasteiger charge is -2.29. The van der Waals surface area contributed by atoms with Crippen molar-refractivity contribution in [1.82, 2.24) is 15.1 Å². The SMILES string of the molecule is CCCCCN(CCC(=O)N1CCNCC1)C(=O)c1ccc(C(C)(C)C)cc1. The second-order valence-electron chi connectivity index (χ2n) is 8.71. The molecule has 2 rings (SSSR count). The minimum absolute atomic E-state index is 0.0321. The summed E-state index contributed by atoms with van der Waals surface area (Å²) in [7, 11) is 0. The molecule has 1 aromatic carbocycles. The van der Waals surface area contributed by atoms with Crippen molar-refractivity contribution in [3.8, 4) is 0 Å². The first-order chi connectivity index (χ1) is 13.3. The summed E-state index contributed by atoms with van der Waals surface area (Å²) in [5.74, 6) is 0.183.